The predicted octanol–water partition coefficient (Wildman–Crippen LogP) is 3.58. The number of aldehydes is 1. The van der Waals surface area contributed by atoms with Crippen molar-refractivity contribution in [2.45, 2.75) is 20.5 Å². The van der Waals surface area contributed by atoms with E-state index in [1.165, 1.54) is 0 Å². The second-order valence-electron chi connectivity index (χ2n) is 5.27. The number of carbonyl (C=O) groups excluding carboxylic acids is 1. The molecule has 0 amide bonds. The number of aliphatic hydroxyl groups excluding tert-OH is 1. The number of aromatic nitrogens is 2. The minimum absolute atomic E-state index is 0.0374. The lowest BCUT2D eigenvalue weighted by molar-refractivity contribution is 0.112. The van der Waals surface area contributed by atoms with Crippen molar-refractivity contribution >= 4 is 28.5 Å². The molecule has 2 aromatic heterocycles. The number of oxazole rings is 2. The number of nitrogens with zero attached hydrogens (tertiary/aromatic N) is 2. The highest BCUT2D eigenvalue weighted by atomic mass is 16.3. The van der Waals surface area contributed by atoms with Gasteiger partial charge in [-0.15, -0.1) is 0 Å². The molecule has 0 aliphatic rings. The van der Waals surface area contributed by atoms with Crippen LogP contribution in [0, 0.1) is 13.8 Å². The van der Waals surface area contributed by atoms with Crippen LogP contribution in [0.4, 0.5) is 0 Å². The second-order valence-corrected chi connectivity index (χ2v) is 5.27. The number of rotatable bonds is 2. The van der Waals surface area contributed by atoms with Gasteiger partial charge in [-0.2, -0.15) is 0 Å². The highest BCUT2D eigenvalue weighted by molar-refractivity contribution is 5.83. The molecule has 4 rings (SSSR count). The fraction of sp³-hybridized carbons (Fsp3) is 0.167. The van der Waals surface area contributed by atoms with Crippen LogP contribution in [0.15, 0.2) is 45.2 Å². The molecule has 0 spiro atoms. The minimum Gasteiger partial charge on any atom is -0.441 e. The third-order valence-corrected chi connectivity index (χ3v) is 3.40. The third kappa shape index (κ3) is 3.33. The molecular formula is C18H16N2O4. The van der Waals surface area contributed by atoms with Crippen molar-refractivity contribution in [1.82, 2.24) is 9.97 Å². The summed E-state index contributed by atoms with van der Waals surface area (Å²) >= 11 is 0. The Kier molecular flexibility index (Phi) is 4.39. The first-order valence-electron chi connectivity index (χ1n) is 7.38. The van der Waals surface area contributed by atoms with Crippen LogP contribution in [0.5, 0.6) is 0 Å². The largest absolute Gasteiger partial charge is 0.441 e. The molecule has 0 fully saturated rings. The number of aliphatic hydroxyl groups is 1. The van der Waals surface area contributed by atoms with Crippen molar-refractivity contribution in [3.8, 4) is 0 Å². The van der Waals surface area contributed by atoms with Gasteiger partial charge in [0.25, 0.3) is 0 Å². The van der Waals surface area contributed by atoms with Crippen LogP contribution in [0.3, 0.4) is 0 Å². The lowest BCUT2D eigenvalue weighted by Gasteiger charge is -1.92. The van der Waals surface area contributed by atoms with E-state index in [0.29, 0.717) is 22.9 Å². The Labute approximate surface area is 137 Å². The van der Waals surface area contributed by atoms with E-state index in [2.05, 4.69) is 9.97 Å². The first kappa shape index (κ1) is 15.9. The SMILES string of the molecule is Cc1nc2ccc(C=O)cc2o1.Cc1nc2ccc(CO)cc2o1. The summed E-state index contributed by atoms with van der Waals surface area (Å²) in [6.07, 6.45) is 0.789. The molecule has 2 aromatic carbocycles. The van der Waals surface area contributed by atoms with Gasteiger partial charge in [-0.1, -0.05) is 6.07 Å². The average molecular weight is 324 g/mol. The molecular weight excluding hydrogens is 308 g/mol. The van der Waals surface area contributed by atoms with Crippen LogP contribution >= 0.6 is 0 Å². The number of hydrogen-bond acceptors (Lipinski definition) is 6. The van der Waals surface area contributed by atoms with E-state index in [-0.39, 0.29) is 6.61 Å². The maximum atomic E-state index is 10.4. The van der Waals surface area contributed by atoms with E-state index in [9.17, 15) is 4.79 Å². The van der Waals surface area contributed by atoms with E-state index in [0.717, 1.165) is 28.5 Å². The molecule has 122 valence electrons. The van der Waals surface area contributed by atoms with Crippen LogP contribution in [0.2, 0.25) is 0 Å². The van der Waals surface area contributed by atoms with Gasteiger partial charge in [0.2, 0.25) is 0 Å². The van der Waals surface area contributed by atoms with Gasteiger partial charge in [0.15, 0.2) is 22.9 Å². The number of fused-ring (bicyclic) bond motifs is 2. The summed E-state index contributed by atoms with van der Waals surface area (Å²) in [6, 6.07) is 10.7. The van der Waals surface area contributed by atoms with Gasteiger partial charge in [-0.25, -0.2) is 9.97 Å². The van der Waals surface area contributed by atoms with Crippen molar-refractivity contribution in [3.63, 3.8) is 0 Å². The molecule has 6 nitrogen and oxygen atoms in total. The Morgan fingerprint density at radius 2 is 1.54 bits per heavy atom. The maximum Gasteiger partial charge on any atom is 0.192 e. The lowest BCUT2D eigenvalue weighted by Crippen LogP contribution is -1.80. The molecule has 0 saturated heterocycles. The topological polar surface area (TPSA) is 89.4 Å². The Morgan fingerprint density at radius 3 is 2.12 bits per heavy atom. The van der Waals surface area contributed by atoms with Gasteiger partial charge in [-0.3, -0.25) is 4.79 Å². The van der Waals surface area contributed by atoms with Gasteiger partial charge in [-0.05, 0) is 35.9 Å². The lowest BCUT2D eigenvalue weighted by atomic mass is 10.2. The van der Waals surface area contributed by atoms with Crippen molar-refractivity contribution < 1.29 is 18.7 Å². The highest BCUT2D eigenvalue weighted by Crippen LogP contribution is 2.17. The summed E-state index contributed by atoms with van der Waals surface area (Å²) in [5.41, 5.74) is 4.48. The summed E-state index contributed by atoms with van der Waals surface area (Å²) in [4.78, 5) is 18.6. The molecule has 0 bridgehead atoms. The number of carbonyl (C=O) groups is 1. The van der Waals surface area contributed by atoms with Gasteiger partial charge in [0, 0.05) is 19.4 Å². The fourth-order valence-corrected chi connectivity index (χ4v) is 2.31. The third-order valence-electron chi connectivity index (χ3n) is 3.40. The quantitative estimate of drug-likeness (QED) is 0.567. The van der Waals surface area contributed by atoms with Crippen LogP contribution in [0.25, 0.3) is 22.2 Å². The van der Waals surface area contributed by atoms with Crippen molar-refractivity contribution in [2.24, 2.45) is 0 Å². The second kappa shape index (κ2) is 6.64. The molecule has 24 heavy (non-hydrogen) atoms. The first-order chi connectivity index (χ1) is 11.6. The molecule has 0 unspecified atom stereocenters. The Bertz CT molecular complexity index is 1000. The Morgan fingerprint density at radius 1 is 0.958 bits per heavy atom. The van der Waals surface area contributed by atoms with Crippen LogP contribution in [-0.2, 0) is 6.61 Å². The summed E-state index contributed by atoms with van der Waals surface area (Å²) in [5, 5.41) is 8.84. The zero-order valence-electron chi connectivity index (χ0n) is 13.3. The molecule has 0 saturated carbocycles. The average Bonchev–Trinajstić information content (AvgIpc) is 3.13. The first-order valence-corrected chi connectivity index (χ1v) is 7.38. The summed E-state index contributed by atoms with van der Waals surface area (Å²) < 4.78 is 10.5. The number of benzene rings is 2. The molecule has 2 heterocycles. The summed E-state index contributed by atoms with van der Waals surface area (Å²) in [5.74, 6) is 1.27. The maximum absolute atomic E-state index is 10.4. The van der Waals surface area contributed by atoms with Crippen molar-refractivity contribution in [1.29, 1.82) is 0 Å². The van der Waals surface area contributed by atoms with Crippen molar-refractivity contribution in [3.05, 3.63) is 59.3 Å². The number of hydrogen-bond donors (Lipinski definition) is 1. The molecule has 0 radical (unpaired) electrons. The van der Waals surface area contributed by atoms with Gasteiger partial charge in [0.05, 0.1) is 6.61 Å². The van der Waals surface area contributed by atoms with E-state index in [4.69, 9.17) is 13.9 Å². The van der Waals surface area contributed by atoms with Crippen LogP contribution < -0.4 is 0 Å². The number of aryl methyl sites for hydroxylation is 2. The molecule has 6 heteroatoms. The molecule has 0 aliphatic heterocycles. The minimum atomic E-state index is 0.0374. The van der Waals surface area contributed by atoms with Crippen LogP contribution in [0.1, 0.15) is 27.7 Å². The monoisotopic (exact) mass is 324 g/mol. The molecule has 1 N–H and O–H groups in total. The van der Waals surface area contributed by atoms with E-state index >= 15 is 0 Å². The summed E-state index contributed by atoms with van der Waals surface area (Å²) in [6.45, 7) is 3.62. The van der Waals surface area contributed by atoms with E-state index in [1.54, 1.807) is 38.1 Å². The standard InChI is InChI=1S/C9H9NO2.C9H7NO2/c2*1-6-10-8-3-2-7(5-11)4-9(8)12-6/h2-4,11H,5H2,1H3;2-5H,1H3. The summed E-state index contributed by atoms with van der Waals surface area (Å²) in [7, 11) is 0. The fourth-order valence-electron chi connectivity index (χ4n) is 2.31. The Hall–Kier alpha value is -2.99. The normalized spacial score (nSPS) is 10.6. The van der Waals surface area contributed by atoms with Gasteiger partial charge < -0.3 is 13.9 Å². The van der Waals surface area contributed by atoms with Crippen LogP contribution in [-0.4, -0.2) is 21.4 Å². The van der Waals surface area contributed by atoms with E-state index in [1.807, 2.05) is 12.1 Å². The van der Waals surface area contributed by atoms with Gasteiger partial charge in [0.1, 0.15) is 17.3 Å². The zero-order chi connectivity index (χ0) is 17.1. The van der Waals surface area contributed by atoms with Gasteiger partial charge >= 0.3 is 0 Å². The zero-order valence-corrected chi connectivity index (χ0v) is 13.3. The highest BCUT2D eigenvalue weighted by Gasteiger charge is 2.02. The smallest absolute Gasteiger partial charge is 0.192 e. The molecule has 0 atom stereocenters. The molecule has 4 aromatic rings. The van der Waals surface area contributed by atoms with Crippen molar-refractivity contribution in [2.75, 3.05) is 0 Å². The Balaban J connectivity index is 0.000000141. The predicted molar refractivity (Wildman–Crippen MR) is 88.8 cm³/mol. The van der Waals surface area contributed by atoms with E-state index < -0.39 is 0 Å². The molecule has 0 aliphatic carbocycles.